The quantitative estimate of drug-likeness (QED) is 0.803. The van der Waals surface area contributed by atoms with Gasteiger partial charge >= 0.3 is 0 Å². The van der Waals surface area contributed by atoms with Crippen LogP contribution in [0.2, 0.25) is 0 Å². The van der Waals surface area contributed by atoms with Gasteiger partial charge in [0.1, 0.15) is 0 Å². The standard InChI is InChI=1S/C10H19N5/c1-8-4-3-5-9(6-8)11-7-10-12-14-15(2)13-10/h8-9,11H,3-7H2,1-2H3. The Labute approximate surface area is 90.2 Å². The molecule has 1 aromatic heterocycles. The Morgan fingerprint density at radius 1 is 1.47 bits per heavy atom. The zero-order valence-electron chi connectivity index (χ0n) is 9.48. The van der Waals surface area contributed by atoms with Gasteiger partial charge in [-0.05, 0) is 24.0 Å². The SMILES string of the molecule is CC1CCCC(NCc2nnn(C)n2)C1. The van der Waals surface area contributed by atoms with Crippen molar-refractivity contribution in [2.45, 2.75) is 45.2 Å². The summed E-state index contributed by atoms with van der Waals surface area (Å²) >= 11 is 0. The van der Waals surface area contributed by atoms with E-state index in [4.69, 9.17) is 0 Å². The molecular formula is C10H19N5. The highest BCUT2D eigenvalue weighted by atomic mass is 15.6. The van der Waals surface area contributed by atoms with Crippen molar-refractivity contribution >= 4 is 0 Å². The molecule has 5 nitrogen and oxygen atoms in total. The number of hydrogen-bond acceptors (Lipinski definition) is 4. The minimum atomic E-state index is 0.637. The zero-order valence-corrected chi connectivity index (χ0v) is 9.48. The first-order valence-electron chi connectivity index (χ1n) is 5.70. The summed E-state index contributed by atoms with van der Waals surface area (Å²) in [6.45, 7) is 3.07. The van der Waals surface area contributed by atoms with Crippen LogP contribution in [0.3, 0.4) is 0 Å². The van der Waals surface area contributed by atoms with Crippen LogP contribution in [0, 0.1) is 5.92 Å². The third-order valence-electron chi connectivity index (χ3n) is 3.03. The summed E-state index contributed by atoms with van der Waals surface area (Å²) in [6.07, 6.45) is 5.28. The molecule has 0 spiro atoms. The molecule has 2 unspecified atom stereocenters. The second-order valence-corrected chi connectivity index (χ2v) is 4.54. The van der Waals surface area contributed by atoms with E-state index in [9.17, 15) is 0 Å². The first kappa shape index (κ1) is 10.5. The highest BCUT2D eigenvalue weighted by molar-refractivity contribution is 4.81. The van der Waals surface area contributed by atoms with E-state index in [0.717, 1.165) is 18.3 Å². The van der Waals surface area contributed by atoms with Crippen LogP contribution in [0.4, 0.5) is 0 Å². The van der Waals surface area contributed by atoms with Gasteiger partial charge in [0.2, 0.25) is 0 Å². The molecule has 0 aromatic carbocycles. The second kappa shape index (κ2) is 4.70. The lowest BCUT2D eigenvalue weighted by atomic mass is 9.87. The zero-order chi connectivity index (χ0) is 10.7. The van der Waals surface area contributed by atoms with E-state index in [1.807, 2.05) is 0 Å². The molecule has 0 bridgehead atoms. The van der Waals surface area contributed by atoms with Gasteiger partial charge in [0, 0.05) is 6.04 Å². The average Bonchev–Trinajstić information content (AvgIpc) is 2.62. The Morgan fingerprint density at radius 2 is 2.33 bits per heavy atom. The van der Waals surface area contributed by atoms with Crippen LogP contribution >= 0.6 is 0 Å². The maximum atomic E-state index is 4.15. The molecule has 1 aliphatic rings. The van der Waals surface area contributed by atoms with Crippen molar-refractivity contribution in [3.05, 3.63) is 5.82 Å². The molecule has 1 heterocycles. The van der Waals surface area contributed by atoms with Gasteiger partial charge in [-0.15, -0.1) is 10.2 Å². The summed E-state index contributed by atoms with van der Waals surface area (Å²) in [7, 11) is 1.79. The molecule has 0 amide bonds. The van der Waals surface area contributed by atoms with E-state index in [-0.39, 0.29) is 0 Å². The number of nitrogens with one attached hydrogen (secondary N) is 1. The van der Waals surface area contributed by atoms with Crippen molar-refractivity contribution in [3.8, 4) is 0 Å². The molecule has 5 heteroatoms. The van der Waals surface area contributed by atoms with E-state index < -0.39 is 0 Å². The van der Waals surface area contributed by atoms with Gasteiger partial charge in [-0.1, -0.05) is 19.8 Å². The van der Waals surface area contributed by atoms with Crippen molar-refractivity contribution in [1.29, 1.82) is 0 Å². The van der Waals surface area contributed by atoms with Gasteiger partial charge in [-0.2, -0.15) is 4.80 Å². The van der Waals surface area contributed by atoms with Gasteiger partial charge in [-0.3, -0.25) is 0 Å². The van der Waals surface area contributed by atoms with Crippen LogP contribution < -0.4 is 5.32 Å². The molecule has 15 heavy (non-hydrogen) atoms. The van der Waals surface area contributed by atoms with E-state index in [1.54, 1.807) is 7.05 Å². The van der Waals surface area contributed by atoms with Crippen molar-refractivity contribution in [3.63, 3.8) is 0 Å². The van der Waals surface area contributed by atoms with Gasteiger partial charge in [0.05, 0.1) is 13.6 Å². The predicted octanol–water partition coefficient (Wildman–Crippen LogP) is 0.878. The molecule has 84 valence electrons. The molecule has 1 N–H and O–H groups in total. The van der Waals surface area contributed by atoms with Crippen molar-refractivity contribution in [2.75, 3.05) is 0 Å². The highest BCUT2D eigenvalue weighted by Crippen LogP contribution is 2.23. The molecule has 0 aliphatic heterocycles. The second-order valence-electron chi connectivity index (χ2n) is 4.54. The van der Waals surface area contributed by atoms with Crippen LogP contribution in [-0.2, 0) is 13.6 Å². The lowest BCUT2D eigenvalue weighted by molar-refractivity contribution is 0.299. The summed E-state index contributed by atoms with van der Waals surface area (Å²) in [6, 6.07) is 0.637. The summed E-state index contributed by atoms with van der Waals surface area (Å²) in [5.41, 5.74) is 0. The van der Waals surface area contributed by atoms with Crippen LogP contribution in [0.1, 0.15) is 38.4 Å². The average molecular weight is 209 g/mol. The number of aryl methyl sites for hydroxylation is 1. The maximum Gasteiger partial charge on any atom is 0.188 e. The number of hydrogen-bond donors (Lipinski definition) is 1. The van der Waals surface area contributed by atoms with E-state index in [1.165, 1.54) is 30.5 Å². The summed E-state index contributed by atoms with van der Waals surface area (Å²) in [5, 5.41) is 15.4. The van der Waals surface area contributed by atoms with Gasteiger partial charge in [-0.25, -0.2) is 0 Å². The predicted molar refractivity (Wildman–Crippen MR) is 57.1 cm³/mol. The van der Waals surface area contributed by atoms with E-state index >= 15 is 0 Å². The largest absolute Gasteiger partial charge is 0.307 e. The monoisotopic (exact) mass is 209 g/mol. The number of tetrazole rings is 1. The molecule has 1 fully saturated rings. The Kier molecular flexibility index (Phi) is 3.30. The van der Waals surface area contributed by atoms with Crippen molar-refractivity contribution in [1.82, 2.24) is 25.5 Å². The minimum Gasteiger partial charge on any atom is -0.307 e. The fourth-order valence-electron chi connectivity index (χ4n) is 2.25. The lowest BCUT2D eigenvalue weighted by Crippen LogP contribution is -2.33. The normalized spacial score (nSPS) is 26.8. The fourth-order valence-corrected chi connectivity index (χ4v) is 2.25. The van der Waals surface area contributed by atoms with Crippen LogP contribution in [0.25, 0.3) is 0 Å². The van der Waals surface area contributed by atoms with E-state index in [2.05, 4.69) is 27.7 Å². The van der Waals surface area contributed by atoms with Crippen LogP contribution in [0.5, 0.6) is 0 Å². The maximum absolute atomic E-state index is 4.15. The summed E-state index contributed by atoms with van der Waals surface area (Å²) in [4.78, 5) is 1.50. The fraction of sp³-hybridized carbons (Fsp3) is 0.900. The topological polar surface area (TPSA) is 55.6 Å². The molecule has 1 aliphatic carbocycles. The molecule has 2 atom stereocenters. The van der Waals surface area contributed by atoms with Crippen LogP contribution in [-0.4, -0.2) is 26.2 Å². The smallest absolute Gasteiger partial charge is 0.188 e. The minimum absolute atomic E-state index is 0.637. The number of nitrogens with zero attached hydrogens (tertiary/aromatic N) is 4. The highest BCUT2D eigenvalue weighted by Gasteiger charge is 2.18. The lowest BCUT2D eigenvalue weighted by Gasteiger charge is -2.27. The summed E-state index contributed by atoms with van der Waals surface area (Å²) in [5.74, 6) is 1.64. The Balaban J connectivity index is 1.77. The van der Waals surface area contributed by atoms with E-state index in [0.29, 0.717) is 6.04 Å². The Hall–Kier alpha value is -0.970. The van der Waals surface area contributed by atoms with Gasteiger partial charge < -0.3 is 5.32 Å². The van der Waals surface area contributed by atoms with Gasteiger partial charge in [0.15, 0.2) is 5.82 Å². The third-order valence-corrected chi connectivity index (χ3v) is 3.03. The van der Waals surface area contributed by atoms with Gasteiger partial charge in [0.25, 0.3) is 0 Å². The molecule has 1 aromatic rings. The first-order chi connectivity index (χ1) is 7.24. The molecule has 0 saturated heterocycles. The molecule has 0 radical (unpaired) electrons. The number of rotatable bonds is 3. The van der Waals surface area contributed by atoms with Crippen molar-refractivity contribution < 1.29 is 0 Å². The molecule has 2 rings (SSSR count). The van der Waals surface area contributed by atoms with Crippen LogP contribution in [0.15, 0.2) is 0 Å². The van der Waals surface area contributed by atoms with Crippen molar-refractivity contribution in [2.24, 2.45) is 13.0 Å². The Morgan fingerprint density at radius 3 is 3.00 bits per heavy atom. The summed E-state index contributed by atoms with van der Waals surface area (Å²) < 4.78 is 0. The first-order valence-corrected chi connectivity index (χ1v) is 5.70. The molecular weight excluding hydrogens is 190 g/mol. The third kappa shape index (κ3) is 2.99. The molecule has 1 saturated carbocycles. The Bertz CT molecular complexity index is 309. The number of aromatic nitrogens is 4.